The maximum atomic E-state index is 12.7. The molecule has 3 aromatic rings. The lowest BCUT2D eigenvalue weighted by Crippen LogP contribution is -2.26. The van der Waals surface area contributed by atoms with Gasteiger partial charge in [-0.1, -0.05) is 0 Å². The van der Waals surface area contributed by atoms with Crippen LogP contribution in [0, 0.1) is 13.8 Å². The highest BCUT2D eigenvalue weighted by molar-refractivity contribution is 5.79. The molecule has 0 unspecified atom stereocenters. The van der Waals surface area contributed by atoms with Crippen molar-refractivity contribution >= 4 is 5.65 Å². The number of halogens is 3. The Kier molecular flexibility index (Phi) is 3.46. The van der Waals surface area contributed by atoms with Gasteiger partial charge in [-0.15, -0.1) is 0 Å². The molecule has 0 bridgehead atoms. The Bertz CT molecular complexity index is 926. The molecular weight excluding hydrogens is 309 g/mol. The first-order chi connectivity index (χ1) is 10.8. The van der Waals surface area contributed by atoms with E-state index in [-0.39, 0.29) is 11.3 Å². The monoisotopic (exact) mass is 322 g/mol. The molecule has 5 nitrogen and oxygen atoms in total. The average Bonchev–Trinajstić information content (AvgIpc) is 2.80. The van der Waals surface area contributed by atoms with Crippen molar-refractivity contribution in [2.75, 3.05) is 0 Å². The Morgan fingerprint density at radius 2 is 1.87 bits per heavy atom. The van der Waals surface area contributed by atoms with Gasteiger partial charge < -0.3 is 0 Å². The van der Waals surface area contributed by atoms with Crippen molar-refractivity contribution < 1.29 is 13.2 Å². The van der Waals surface area contributed by atoms with Gasteiger partial charge in [-0.3, -0.25) is 14.9 Å². The van der Waals surface area contributed by atoms with Gasteiger partial charge >= 0.3 is 6.18 Å². The van der Waals surface area contributed by atoms with E-state index in [0.717, 1.165) is 10.1 Å². The normalized spacial score (nSPS) is 12.0. The van der Waals surface area contributed by atoms with Crippen LogP contribution in [0.3, 0.4) is 0 Å². The third kappa shape index (κ3) is 2.71. The molecule has 0 spiro atoms. The fourth-order valence-electron chi connectivity index (χ4n) is 2.59. The zero-order chi connectivity index (χ0) is 16.8. The van der Waals surface area contributed by atoms with E-state index in [1.165, 1.54) is 6.92 Å². The molecule has 120 valence electrons. The van der Waals surface area contributed by atoms with Crippen molar-refractivity contribution in [2.45, 2.75) is 26.4 Å². The number of rotatable bonds is 2. The molecule has 23 heavy (non-hydrogen) atoms. The summed E-state index contributed by atoms with van der Waals surface area (Å²) in [6, 6.07) is 3.50. The smallest absolute Gasteiger partial charge is 0.293 e. The number of aromatic amines is 1. The van der Waals surface area contributed by atoms with Crippen LogP contribution in [0.1, 0.15) is 17.0 Å². The van der Waals surface area contributed by atoms with E-state index >= 15 is 0 Å². The Hall–Kier alpha value is -2.64. The minimum Gasteiger partial charge on any atom is -0.293 e. The van der Waals surface area contributed by atoms with E-state index in [1.807, 2.05) is 0 Å². The van der Waals surface area contributed by atoms with Gasteiger partial charge in [-0.25, -0.2) is 9.50 Å². The molecule has 0 saturated carbocycles. The van der Waals surface area contributed by atoms with Crippen molar-refractivity contribution in [1.29, 1.82) is 0 Å². The topological polar surface area (TPSA) is 63.1 Å². The van der Waals surface area contributed by atoms with Gasteiger partial charge in [0.1, 0.15) is 0 Å². The quantitative estimate of drug-likeness (QED) is 0.789. The van der Waals surface area contributed by atoms with Crippen molar-refractivity contribution in [1.82, 2.24) is 19.6 Å². The van der Waals surface area contributed by atoms with E-state index in [4.69, 9.17) is 0 Å². The van der Waals surface area contributed by atoms with Crippen LogP contribution in [0.5, 0.6) is 0 Å². The predicted octanol–water partition coefficient (Wildman–Crippen LogP) is 2.81. The molecule has 0 atom stereocenters. The lowest BCUT2D eigenvalue weighted by molar-refractivity contribution is -0.127. The largest absolute Gasteiger partial charge is 0.393 e. The van der Waals surface area contributed by atoms with Gasteiger partial charge in [0.05, 0.1) is 6.42 Å². The third-order valence-electron chi connectivity index (χ3n) is 3.61. The summed E-state index contributed by atoms with van der Waals surface area (Å²) in [5.74, 6) is 0. The number of nitrogens with one attached hydrogen (secondary N) is 1. The maximum absolute atomic E-state index is 12.7. The van der Waals surface area contributed by atoms with Gasteiger partial charge in [0.15, 0.2) is 5.65 Å². The van der Waals surface area contributed by atoms with Gasteiger partial charge in [0.2, 0.25) is 0 Å². The third-order valence-corrected chi connectivity index (χ3v) is 3.61. The second-order valence-corrected chi connectivity index (χ2v) is 5.28. The van der Waals surface area contributed by atoms with Gasteiger partial charge in [-0.05, 0) is 31.5 Å². The van der Waals surface area contributed by atoms with Crippen LogP contribution >= 0.6 is 0 Å². The Morgan fingerprint density at radius 3 is 2.48 bits per heavy atom. The summed E-state index contributed by atoms with van der Waals surface area (Å²) in [7, 11) is 0. The van der Waals surface area contributed by atoms with Crippen LogP contribution in [-0.2, 0) is 6.42 Å². The molecule has 0 aliphatic rings. The molecule has 3 aromatic heterocycles. The molecule has 1 N–H and O–H groups in total. The summed E-state index contributed by atoms with van der Waals surface area (Å²) in [5.41, 5.74) is 1.41. The van der Waals surface area contributed by atoms with E-state index < -0.39 is 18.2 Å². The van der Waals surface area contributed by atoms with Gasteiger partial charge in [0.25, 0.3) is 5.56 Å². The Balaban J connectivity index is 2.29. The SMILES string of the molecule is Cc1nc2c(-c3ccncc3)c(C)[nH]n2c(=O)c1CC(F)(F)F. The highest BCUT2D eigenvalue weighted by Crippen LogP contribution is 2.27. The summed E-state index contributed by atoms with van der Waals surface area (Å²) < 4.78 is 39.0. The van der Waals surface area contributed by atoms with E-state index in [2.05, 4.69) is 15.1 Å². The highest BCUT2D eigenvalue weighted by Gasteiger charge is 2.31. The molecule has 8 heteroatoms. The number of H-pyrrole nitrogens is 1. The van der Waals surface area contributed by atoms with E-state index in [0.29, 0.717) is 16.9 Å². The Morgan fingerprint density at radius 1 is 1.22 bits per heavy atom. The van der Waals surface area contributed by atoms with Crippen LogP contribution in [-0.4, -0.2) is 25.8 Å². The number of nitrogens with zero attached hydrogens (tertiary/aromatic N) is 3. The summed E-state index contributed by atoms with van der Waals surface area (Å²) in [5, 5.41) is 2.80. The predicted molar refractivity (Wildman–Crippen MR) is 78.3 cm³/mol. The first-order valence-electron chi connectivity index (χ1n) is 6.86. The highest BCUT2D eigenvalue weighted by atomic mass is 19.4. The molecule has 0 radical (unpaired) electrons. The fourth-order valence-corrected chi connectivity index (χ4v) is 2.59. The van der Waals surface area contributed by atoms with Crippen molar-refractivity contribution in [3.05, 3.63) is 51.8 Å². The number of aryl methyl sites for hydroxylation is 2. The van der Waals surface area contributed by atoms with Crippen LogP contribution in [0.25, 0.3) is 16.8 Å². The number of hydrogen-bond acceptors (Lipinski definition) is 3. The summed E-state index contributed by atoms with van der Waals surface area (Å²) in [4.78, 5) is 20.6. The minimum atomic E-state index is -4.46. The number of alkyl halides is 3. The molecule has 3 rings (SSSR count). The average molecular weight is 322 g/mol. The number of pyridine rings is 1. The molecular formula is C15H13F3N4O. The summed E-state index contributed by atoms with van der Waals surface area (Å²) in [6.45, 7) is 3.16. The molecule has 3 heterocycles. The molecule has 0 aromatic carbocycles. The van der Waals surface area contributed by atoms with Crippen molar-refractivity contribution in [2.24, 2.45) is 0 Å². The lowest BCUT2D eigenvalue weighted by atomic mass is 10.1. The van der Waals surface area contributed by atoms with Crippen molar-refractivity contribution in [3.63, 3.8) is 0 Å². The summed E-state index contributed by atoms with van der Waals surface area (Å²) in [6.07, 6.45) is -2.56. The van der Waals surface area contributed by atoms with Gasteiger partial charge in [-0.2, -0.15) is 13.2 Å². The molecule has 0 amide bonds. The second kappa shape index (κ2) is 5.22. The zero-order valence-electron chi connectivity index (χ0n) is 12.4. The van der Waals surface area contributed by atoms with Crippen LogP contribution in [0.15, 0.2) is 29.3 Å². The number of aromatic nitrogens is 4. The molecule has 0 aliphatic heterocycles. The summed E-state index contributed by atoms with van der Waals surface area (Å²) >= 11 is 0. The minimum absolute atomic E-state index is 0.0848. The van der Waals surface area contributed by atoms with Crippen LogP contribution in [0.4, 0.5) is 13.2 Å². The van der Waals surface area contributed by atoms with Gasteiger partial charge in [0, 0.05) is 34.9 Å². The number of hydrogen-bond donors (Lipinski definition) is 1. The van der Waals surface area contributed by atoms with E-state index in [1.54, 1.807) is 31.5 Å². The number of fused-ring (bicyclic) bond motifs is 1. The fraction of sp³-hybridized carbons (Fsp3) is 0.267. The molecule has 0 aliphatic carbocycles. The van der Waals surface area contributed by atoms with Crippen molar-refractivity contribution in [3.8, 4) is 11.1 Å². The van der Waals surface area contributed by atoms with Crippen LogP contribution in [0.2, 0.25) is 0 Å². The Labute approximate surface area is 128 Å². The zero-order valence-corrected chi connectivity index (χ0v) is 12.4. The first kappa shape index (κ1) is 15.3. The lowest BCUT2D eigenvalue weighted by Gasteiger charge is -2.09. The maximum Gasteiger partial charge on any atom is 0.393 e. The standard InChI is InChI=1S/C15H13F3N4O/c1-8-11(7-15(16,17)18)14(23)22-13(20-8)12(9(2)21-22)10-3-5-19-6-4-10/h3-6,21H,7H2,1-2H3. The van der Waals surface area contributed by atoms with Crippen LogP contribution < -0.4 is 5.56 Å². The van der Waals surface area contributed by atoms with E-state index in [9.17, 15) is 18.0 Å². The molecule has 0 saturated heterocycles. The first-order valence-corrected chi connectivity index (χ1v) is 6.86. The molecule has 0 fully saturated rings. The second-order valence-electron chi connectivity index (χ2n) is 5.28.